The number of nitrogens with two attached hydrogens (primary N) is 1. The molecule has 0 aromatic heterocycles. The van der Waals surface area contributed by atoms with Crippen LogP contribution in [0, 0.1) is 17.8 Å². The van der Waals surface area contributed by atoms with Gasteiger partial charge in [-0.15, -0.1) is 6.58 Å². The summed E-state index contributed by atoms with van der Waals surface area (Å²) in [6.07, 6.45) is 1.14. The van der Waals surface area contributed by atoms with Gasteiger partial charge in [0.15, 0.2) is 0 Å². The van der Waals surface area contributed by atoms with Crippen molar-refractivity contribution < 1.29 is 14.4 Å². The van der Waals surface area contributed by atoms with Gasteiger partial charge in [-0.3, -0.25) is 14.4 Å². The third-order valence-electron chi connectivity index (χ3n) is 5.61. The summed E-state index contributed by atoms with van der Waals surface area (Å²) in [6, 6.07) is 16.8. The highest BCUT2D eigenvalue weighted by Gasteiger charge is 2.35. The van der Waals surface area contributed by atoms with Gasteiger partial charge >= 0.3 is 0 Å². The first-order valence-electron chi connectivity index (χ1n) is 11.1. The fourth-order valence-electron chi connectivity index (χ4n) is 4.04. The Morgan fingerprint density at radius 3 is 2.42 bits per heavy atom. The van der Waals surface area contributed by atoms with Crippen LogP contribution in [0.25, 0.3) is 0 Å². The van der Waals surface area contributed by atoms with E-state index in [-0.39, 0.29) is 12.3 Å². The average molecular weight is 447 g/mol. The second-order valence-corrected chi connectivity index (χ2v) is 8.56. The largest absolute Gasteiger partial charge is 0.369 e. The molecule has 0 bridgehead atoms. The van der Waals surface area contributed by atoms with Crippen molar-refractivity contribution in [3.8, 4) is 0 Å². The summed E-state index contributed by atoms with van der Waals surface area (Å²) in [5.41, 5.74) is 8.39. The molecule has 2 aromatic carbocycles. The molecule has 4 N–H and O–H groups in total. The minimum Gasteiger partial charge on any atom is -0.369 e. The Bertz CT molecular complexity index is 1060. The van der Waals surface area contributed by atoms with Gasteiger partial charge in [0.05, 0.1) is 23.2 Å². The number of para-hydroxylation sites is 1. The fourth-order valence-corrected chi connectivity index (χ4v) is 4.04. The third kappa shape index (κ3) is 5.74. The lowest BCUT2D eigenvalue weighted by Crippen LogP contribution is -2.48. The molecule has 33 heavy (non-hydrogen) atoms. The zero-order valence-electron chi connectivity index (χ0n) is 19.0. The van der Waals surface area contributed by atoms with Crippen molar-refractivity contribution in [2.75, 3.05) is 5.32 Å². The molecule has 2 aromatic rings. The van der Waals surface area contributed by atoms with E-state index in [1.165, 1.54) is 0 Å². The summed E-state index contributed by atoms with van der Waals surface area (Å²) in [6.45, 7) is 7.62. The minimum atomic E-state index is -1.16. The number of hydrogen-bond acceptors (Lipinski definition) is 4. The maximum absolute atomic E-state index is 13.3. The number of nitrogens with one attached hydrogen (secondary N) is 2. The van der Waals surface area contributed by atoms with Crippen molar-refractivity contribution in [3.05, 3.63) is 78.4 Å². The molecule has 1 aliphatic heterocycles. The first-order chi connectivity index (χ1) is 15.8. The molecule has 1 aliphatic rings. The molecule has 1 heterocycles. The van der Waals surface area contributed by atoms with Crippen LogP contribution >= 0.6 is 0 Å². The lowest BCUT2D eigenvalue weighted by atomic mass is 9.82. The number of rotatable bonds is 9. The van der Waals surface area contributed by atoms with Gasteiger partial charge in [-0.2, -0.15) is 0 Å². The molecule has 3 amide bonds. The summed E-state index contributed by atoms with van der Waals surface area (Å²) in [7, 11) is 0. The van der Waals surface area contributed by atoms with Crippen LogP contribution in [0.5, 0.6) is 0 Å². The van der Waals surface area contributed by atoms with Crippen LogP contribution < -0.4 is 16.4 Å². The Morgan fingerprint density at radius 1 is 1.12 bits per heavy atom. The van der Waals surface area contributed by atoms with E-state index in [0.717, 1.165) is 11.1 Å². The second-order valence-electron chi connectivity index (χ2n) is 8.56. The topological polar surface area (TPSA) is 114 Å². The van der Waals surface area contributed by atoms with Gasteiger partial charge in [0.1, 0.15) is 0 Å². The van der Waals surface area contributed by atoms with Crippen molar-refractivity contribution >= 4 is 29.1 Å². The van der Waals surface area contributed by atoms with Crippen LogP contribution in [-0.2, 0) is 14.4 Å². The summed E-state index contributed by atoms with van der Waals surface area (Å²) >= 11 is 0. The van der Waals surface area contributed by atoms with E-state index >= 15 is 0 Å². The monoisotopic (exact) mass is 446 g/mol. The van der Waals surface area contributed by atoms with E-state index in [2.05, 4.69) is 22.2 Å². The lowest BCUT2D eigenvalue weighted by molar-refractivity contribution is -0.135. The molecule has 0 radical (unpaired) electrons. The van der Waals surface area contributed by atoms with Gasteiger partial charge in [-0.05, 0) is 24.8 Å². The molecular weight excluding hydrogens is 416 g/mol. The van der Waals surface area contributed by atoms with Gasteiger partial charge in [0.2, 0.25) is 18.0 Å². The predicted octanol–water partition coefficient (Wildman–Crippen LogP) is 3.26. The number of anilines is 1. The Labute approximate surface area is 194 Å². The second kappa shape index (κ2) is 10.7. The number of fused-ring (bicyclic) bond motifs is 1. The fraction of sp³-hybridized carbons (Fsp3) is 0.308. The molecular formula is C26H30N4O3. The minimum absolute atomic E-state index is 0.142. The lowest BCUT2D eigenvalue weighted by Gasteiger charge is -2.26. The molecule has 172 valence electrons. The number of nitrogens with zero attached hydrogens (tertiary/aromatic N) is 1. The van der Waals surface area contributed by atoms with E-state index < -0.39 is 35.7 Å². The summed E-state index contributed by atoms with van der Waals surface area (Å²) < 4.78 is 0. The van der Waals surface area contributed by atoms with Gasteiger partial charge < -0.3 is 16.4 Å². The van der Waals surface area contributed by atoms with Crippen LogP contribution in [0.15, 0.2) is 72.2 Å². The number of hydrogen-bond donors (Lipinski definition) is 3. The predicted molar refractivity (Wildman–Crippen MR) is 130 cm³/mol. The Morgan fingerprint density at radius 2 is 1.79 bits per heavy atom. The molecule has 0 aliphatic carbocycles. The normalized spacial score (nSPS) is 17.1. The van der Waals surface area contributed by atoms with E-state index in [1.807, 2.05) is 62.4 Å². The molecule has 0 spiro atoms. The maximum atomic E-state index is 13.3. The Hall–Kier alpha value is -3.74. The zero-order chi connectivity index (χ0) is 24.0. The molecule has 3 atom stereocenters. The number of primary amides is 1. The summed E-state index contributed by atoms with van der Waals surface area (Å²) in [4.78, 5) is 43.1. The van der Waals surface area contributed by atoms with Gasteiger partial charge in [-0.1, -0.05) is 68.5 Å². The van der Waals surface area contributed by atoms with Crippen LogP contribution in [0.4, 0.5) is 5.69 Å². The van der Waals surface area contributed by atoms with E-state index in [4.69, 9.17) is 5.73 Å². The summed E-state index contributed by atoms with van der Waals surface area (Å²) in [5, 5.41) is 5.62. The first-order valence-corrected chi connectivity index (χ1v) is 11.1. The zero-order valence-corrected chi connectivity index (χ0v) is 19.0. The van der Waals surface area contributed by atoms with Gasteiger partial charge in [-0.25, -0.2) is 4.99 Å². The number of carbonyl (C=O) groups excluding carboxylic acids is 3. The molecule has 1 unspecified atom stereocenters. The third-order valence-corrected chi connectivity index (χ3v) is 5.61. The SMILES string of the molecule is C=CC[C@H](C(N)=O)[C@@H](CC(C)C)C(=O)NC1N=C(c2ccccc2)c2ccccc2NC1=O. The van der Waals surface area contributed by atoms with Crippen LogP contribution in [0.1, 0.15) is 37.8 Å². The molecule has 0 fully saturated rings. The first kappa shape index (κ1) is 23.9. The molecule has 3 rings (SSSR count). The van der Waals surface area contributed by atoms with Crippen LogP contribution in [0.3, 0.4) is 0 Å². The smallest absolute Gasteiger partial charge is 0.269 e. The van der Waals surface area contributed by atoms with Gasteiger partial charge in [0.25, 0.3) is 5.91 Å². The maximum Gasteiger partial charge on any atom is 0.269 e. The van der Waals surface area contributed by atoms with Crippen molar-refractivity contribution in [1.29, 1.82) is 0 Å². The van der Waals surface area contributed by atoms with E-state index in [9.17, 15) is 14.4 Å². The number of benzene rings is 2. The molecule has 0 saturated heterocycles. The van der Waals surface area contributed by atoms with E-state index in [0.29, 0.717) is 17.8 Å². The number of benzodiazepines with no additional fused rings is 1. The number of amides is 3. The highest BCUT2D eigenvalue weighted by Crippen LogP contribution is 2.26. The highest BCUT2D eigenvalue weighted by molar-refractivity contribution is 6.19. The molecule has 7 heteroatoms. The number of carbonyl (C=O) groups is 3. The van der Waals surface area contributed by atoms with Crippen molar-refractivity contribution in [2.45, 2.75) is 32.9 Å². The highest BCUT2D eigenvalue weighted by atomic mass is 16.2. The number of allylic oxidation sites excluding steroid dienone is 1. The Balaban J connectivity index is 1.98. The van der Waals surface area contributed by atoms with Crippen LogP contribution in [0.2, 0.25) is 0 Å². The molecule has 7 nitrogen and oxygen atoms in total. The Kier molecular flexibility index (Phi) is 7.77. The van der Waals surface area contributed by atoms with E-state index in [1.54, 1.807) is 12.1 Å². The quantitative estimate of drug-likeness (QED) is 0.514. The summed E-state index contributed by atoms with van der Waals surface area (Å²) in [5.74, 6) is -2.73. The van der Waals surface area contributed by atoms with Crippen molar-refractivity contribution in [3.63, 3.8) is 0 Å². The van der Waals surface area contributed by atoms with Gasteiger partial charge in [0, 0.05) is 11.1 Å². The van der Waals surface area contributed by atoms with Crippen LogP contribution in [-0.4, -0.2) is 29.6 Å². The average Bonchev–Trinajstić information content (AvgIpc) is 2.92. The number of aliphatic imine (C=N–C) groups is 1. The molecule has 0 saturated carbocycles. The van der Waals surface area contributed by atoms with Crippen molar-refractivity contribution in [2.24, 2.45) is 28.5 Å². The van der Waals surface area contributed by atoms with Crippen molar-refractivity contribution in [1.82, 2.24) is 5.32 Å². The standard InChI is InChI=1S/C26H30N4O3/c1-4-10-18(23(27)31)20(15-16(2)3)25(32)30-24-26(33)28-21-14-9-8-13-19(21)22(29-24)17-11-6-5-7-12-17/h4-9,11-14,16,18,20,24H,1,10,15H2,2-3H3,(H2,27,31)(H,28,33)(H,30,32)/t18-,20+,24?/m0/s1.